The van der Waals surface area contributed by atoms with Gasteiger partial charge in [0.15, 0.2) is 0 Å². The summed E-state index contributed by atoms with van der Waals surface area (Å²) in [4.78, 5) is 1.32. The molecule has 0 aliphatic rings. The molecule has 7 heteroatoms. The summed E-state index contributed by atoms with van der Waals surface area (Å²) in [6.45, 7) is 0. The zero-order valence-corrected chi connectivity index (χ0v) is 11.5. The molecule has 0 aliphatic carbocycles. The molecule has 1 aromatic rings. The van der Waals surface area contributed by atoms with E-state index in [-0.39, 0.29) is 4.90 Å². The van der Waals surface area contributed by atoms with Gasteiger partial charge in [-0.1, -0.05) is 0 Å². The van der Waals surface area contributed by atoms with E-state index in [9.17, 15) is 12.8 Å². The monoisotopic (exact) mass is 310 g/mol. The maximum absolute atomic E-state index is 13.6. The third-order valence-electron chi connectivity index (χ3n) is 2.04. The van der Waals surface area contributed by atoms with Crippen molar-refractivity contribution in [2.45, 2.75) is 4.90 Å². The Balaban J connectivity index is 3.43. The van der Waals surface area contributed by atoms with Gasteiger partial charge < -0.3 is 4.90 Å². The van der Waals surface area contributed by atoms with E-state index in [0.29, 0.717) is 10.2 Å². The van der Waals surface area contributed by atoms with Crippen molar-refractivity contribution in [3.8, 4) is 0 Å². The second kappa shape index (κ2) is 4.68. The van der Waals surface area contributed by atoms with Gasteiger partial charge in [0.05, 0.1) is 5.69 Å². The van der Waals surface area contributed by atoms with E-state index in [0.717, 1.165) is 0 Å². The average molecular weight is 311 g/mol. The van der Waals surface area contributed by atoms with E-state index in [4.69, 9.17) is 0 Å². The number of hydrogen-bond acceptors (Lipinski definition) is 3. The van der Waals surface area contributed by atoms with Crippen LogP contribution < -0.4 is 9.62 Å². The van der Waals surface area contributed by atoms with Gasteiger partial charge in [-0.2, -0.15) is 0 Å². The largest absolute Gasteiger partial charge is 0.377 e. The molecule has 1 N–H and O–H groups in total. The van der Waals surface area contributed by atoms with Crippen LogP contribution in [0.2, 0.25) is 0 Å². The summed E-state index contributed by atoms with van der Waals surface area (Å²) in [5.74, 6) is -0.777. The topological polar surface area (TPSA) is 49.4 Å². The number of nitrogens with zero attached hydrogens (tertiary/aromatic N) is 1. The highest BCUT2D eigenvalue weighted by Gasteiger charge is 2.19. The first-order valence-corrected chi connectivity index (χ1v) is 6.67. The lowest BCUT2D eigenvalue weighted by molar-refractivity contribution is 0.561. The van der Waals surface area contributed by atoms with Gasteiger partial charge in [-0.3, -0.25) is 0 Å². The van der Waals surface area contributed by atoms with Crippen LogP contribution in [0, 0.1) is 5.82 Å². The second-order valence-electron chi connectivity index (χ2n) is 3.34. The molecular weight excluding hydrogens is 299 g/mol. The van der Waals surface area contributed by atoms with Crippen LogP contribution in [-0.4, -0.2) is 29.6 Å². The second-order valence-corrected chi connectivity index (χ2v) is 6.05. The van der Waals surface area contributed by atoms with Crippen molar-refractivity contribution >= 4 is 31.6 Å². The Bertz CT molecular complexity index is 502. The summed E-state index contributed by atoms with van der Waals surface area (Å²) in [7, 11) is 0.955. The smallest absolute Gasteiger partial charge is 0.243 e. The van der Waals surface area contributed by atoms with Crippen LogP contribution in [0.3, 0.4) is 0 Å². The lowest BCUT2D eigenvalue weighted by Gasteiger charge is -2.16. The summed E-state index contributed by atoms with van der Waals surface area (Å²) in [5, 5.41) is 0. The van der Waals surface area contributed by atoms with Gasteiger partial charge in [0.2, 0.25) is 10.0 Å². The highest BCUT2D eigenvalue weighted by molar-refractivity contribution is 9.10. The number of nitrogens with one attached hydrogen (secondary N) is 1. The van der Waals surface area contributed by atoms with E-state index in [1.807, 2.05) is 0 Å². The molecule has 1 rings (SSSR count). The number of benzene rings is 1. The molecule has 0 atom stereocenters. The molecule has 0 bridgehead atoms. The summed E-state index contributed by atoms with van der Waals surface area (Å²) in [6.07, 6.45) is 0. The fourth-order valence-corrected chi connectivity index (χ4v) is 2.83. The summed E-state index contributed by atoms with van der Waals surface area (Å²) in [6, 6.07) is 2.42. The van der Waals surface area contributed by atoms with Crippen LogP contribution in [0.1, 0.15) is 0 Å². The Morgan fingerprint density at radius 2 is 1.94 bits per heavy atom. The molecular formula is C9H12BrFN2O2S. The Morgan fingerprint density at radius 3 is 2.38 bits per heavy atom. The first kappa shape index (κ1) is 13.4. The van der Waals surface area contributed by atoms with Gasteiger partial charge in [0, 0.05) is 18.6 Å². The fraction of sp³-hybridized carbons (Fsp3) is 0.333. The van der Waals surface area contributed by atoms with Crippen LogP contribution >= 0.6 is 15.9 Å². The predicted octanol–water partition coefficient (Wildman–Crippen LogP) is 1.56. The lowest BCUT2D eigenvalue weighted by Crippen LogP contribution is -2.20. The number of sulfonamides is 1. The third-order valence-corrected chi connectivity index (χ3v) is 4.11. The Hall–Kier alpha value is -0.660. The first-order valence-electron chi connectivity index (χ1n) is 4.39. The maximum atomic E-state index is 13.6. The predicted molar refractivity (Wildman–Crippen MR) is 64.7 cm³/mol. The number of halogens is 2. The van der Waals surface area contributed by atoms with Crippen molar-refractivity contribution in [3.05, 3.63) is 22.4 Å². The van der Waals surface area contributed by atoms with Crippen LogP contribution in [0.25, 0.3) is 0 Å². The molecule has 0 unspecified atom stereocenters. The van der Waals surface area contributed by atoms with Gasteiger partial charge in [0.25, 0.3) is 0 Å². The highest BCUT2D eigenvalue weighted by atomic mass is 79.9. The maximum Gasteiger partial charge on any atom is 0.243 e. The standard InChI is InChI=1S/C9H12BrFN2O2S/c1-12-16(14,15)9-4-6(10)8(13(2)3)5-7(9)11/h4-5,12H,1-3H3. The van der Waals surface area contributed by atoms with Crippen molar-refractivity contribution in [2.24, 2.45) is 0 Å². The molecule has 0 saturated heterocycles. The summed E-state index contributed by atoms with van der Waals surface area (Å²) < 4.78 is 39.1. The zero-order valence-electron chi connectivity index (χ0n) is 9.08. The van der Waals surface area contributed by atoms with Gasteiger partial charge in [-0.05, 0) is 35.1 Å². The molecule has 4 nitrogen and oxygen atoms in total. The van der Waals surface area contributed by atoms with E-state index < -0.39 is 15.8 Å². The van der Waals surface area contributed by atoms with Gasteiger partial charge in [0.1, 0.15) is 10.7 Å². The minimum atomic E-state index is -3.77. The Kier molecular flexibility index (Phi) is 3.92. The SMILES string of the molecule is CNS(=O)(=O)c1cc(Br)c(N(C)C)cc1F. The molecule has 0 spiro atoms. The van der Waals surface area contributed by atoms with E-state index >= 15 is 0 Å². The Morgan fingerprint density at radius 1 is 1.38 bits per heavy atom. The van der Waals surface area contributed by atoms with Crippen molar-refractivity contribution < 1.29 is 12.8 Å². The molecule has 0 saturated carbocycles. The average Bonchev–Trinajstić information content (AvgIpc) is 2.20. The van der Waals surface area contributed by atoms with Crippen molar-refractivity contribution in [2.75, 3.05) is 26.0 Å². The third kappa shape index (κ3) is 2.53. The molecule has 0 fully saturated rings. The molecule has 0 aromatic heterocycles. The van der Waals surface area contributed by atoms with Crippen molar-refractivity contribution in [1.29, 1.82) is 0 Å². The van der Waals surface area contributed by atoms with E-state index in [1.54, 1.807) is 19.0 Å². The molecule has 0 radical (unpaired) electrons. The quantitative estimate of drug-likeness (QED) is 0.922. The molecule has 0 aliphatic heterocycles. The highest BCUT2D eigenvalue weighted by Crippen LogP contribution is 2.29. The van der Waals surface area contributed by atoms with Gasteiger partial charge in [-0.15, -0.1) is 0 Å². The minimum absolute atomic E-state index is 0.368. The van der Waals surface area contributed by atoms with E-state index in [2.05, 4.69) is 20.7 Å². The number of anilines is 1. The summed E-state index contributed by atoms with van der Waals surface area (Å²) >= 11 is 3.20. The summed E-state index contributed by atoms with van der Waals surface area (Å²) in [5.41, 5.74) is 0.576. The molecule has 90 valence electrons. The molecule has 1 aromatic carbocycles. The van der Waals surface area contributed by atoms with Gasteiger partial charge in [-0.25, -0.2) is 17.5 Å². The van der Waals surface area contributed by atoms with Crippen LogP contribution in [0.5, 0.6) is 0 Å². The van der Waals surface area contributed by atoms with Crippen LogP contribution in [-0.2, 0) is 10.0 Å². The lowest BCUT2D eigenvalue weighted by atomic mass is 10.3. The molecule has 16 heavy (non-hydrogen) atoms. The van der Waals surface area contributed by atoms with Crippen molar-refractivity contribution in [3.63, 3.8) is 0 Å². The van der Waals surface area contributed by atoms with Crippen LogP contribution in [0.15, 0.2) is 21.5 Å². The molecule has 0 amide bonds. The number of hydrogen-bond donors (Lipinski definition) is 1. The first-order chi connectivity index (χ1) is 7.29. The zero-order chi connectivity index (χ0) is 12.5. The van der Waals surface area contributed by atoms with Crippen molar-refractivity contribution in [1.82, 2.24) is 4.72 Å². The van der Waals surface area contributed by atoms with Crippen LogP contribution in [0.4, 0.5) is 10.1 Å². The molecule has 0 heterocycles. The Labute approximate surface area is 103 Å². The minimum Gasteiger partial charge on any atom is -0.377 e. The van der Waals surface area contributed by atoms with E-state index in [1.165, 1.54) is 19.2 Å². The normalized spacial score (nSPS) is 11.6. The fourth-order valence-electron chi connectivity index (χ4n) is 1.18. The number of rotatable bonds is 3. The van der Waals surface area contributed by atoms with Gasteiger partial charge >= 0.3 is 0 Å².